The van der Waals surface area contributed by atoms with Crippen molar-refractivity contribution in [1.82, 2.24) is 30.2 Å². The number of carbonyl (C=O) groups excluding carboxylic acids is 2. The van der Waals surface area contributed by atoms with Crippen LogP contribution in [0.25, 0.3) is 22.2 Å². The molecule has 1 aromatic carbocycles. The molecular weight excluding hydrogens is 767 g/mol. The molecule has 1 amide bonds. The van der Waals surface area contributed by atoms with E-state index in [1.165, 1.54) is 16.5 Å². The number of methoxy groups -OCH3 is 1. The second-order valence-corrected chi connectivity index (χ2v) is 18.7. The highest BCUT2D eigenvalue weighted by atomic mass is 32.2. The van der Waals surface area contributed by atoms with Gasteiger partial charge in [0.1, 0.15) is 18.2 Å². The van der Waals surface area contributed by atoms with Crippen LogP contribution in [0.3, 0.4) is 0 Å². The van der Waals surface area contributed by atoms with Crippen molar-refractivity contribution in [3.05, 3.63) is 52.8 Å². The van der Waals surface area contributed by atoms with Crippen molar-refractivity contribution in [2.24, 2.45) is 10.4 Å². The van der Waals surface area contributed by atoms with Gasteiger partial charge in [-0.15, -0.1) is 11.8 Å². The summed E-state index contributed by atoms with van der Waals surface area (Å²) < 4.78 is 26.4. The van der Waals surface area contributed by atoms with Crippen LogP contribution in [0, 0.1) is 5.41 Å². The van der Waals surface area contributed by atoms with Crippen LogP contribution in [0.15, 0.2) is 35.5 Å². The molecule has 2 N–H and O–H groups in total. The Morgan fingerprint density at radius 3 is 2.58 bits per heavy atom. The van der Waals surface area contributed by atoms with Crippen LogP contribution in [0.5, 0.6) is 0 Å². The number of hydrogen-bond donors (Lipinski definition) is 2. The molecule has 0 saturated carbocycles. The molecule has 3 aromatic rings. The van der Waals surface area contributed by atoms with Crippen molar-refractivity contribution in [3.63, 3.8) is 0 Å². The van der Waals surface area contributed by atoms with Crippen LogP contribution >= 0.6 is 11.8 Å². The second kappa shape index (κ2) is 17.9. The van der Waals surface area contributed by atoms with E-state index in [1.54, 1.807) is 30.9 Å². The van der Waals surface area contributed by atoms with Gasteiger partial charge >= 0.3 is 5.97 Å². The first kappa shape index (κ1) is 42.3. The molecule has 3 fully saturated rings. The number of nitrogens with one attached hydrogen (secondary N) is 2. The van der Waals surface area contributed by atoms with Crippen molar-refractivity contribution >= 4 is 39.6 Å². The minimum atomic E-state index is -0.687. The number of nitrogens with zero attached hydrogens (tertiary/aromatic N) is 5. The van der Waals surface area contributed by atoms with E-state index in [2.05, 4.69) is 78.4 Å². The smallest absolute Gasteiger partial charge is 0.324 e. The average Bonchev–Trinajstić information content (AvgIpc) is 3.84. The molecule has 13 nitrogen and oxygen atoms in total. The maximum absolute atomic E-state index is 14.1. The molecule has 0 aliphatic carbocycles. The number of rotatable bonds is 9. The number of carbonyl (C=O) groups is 2. The third-order valence-electron chi connectivity index (χ3n) is 13.1. The summed E-state index contributed by atoms with van der Waals surface area (Å²) in [7, 11) is 3.53. The van der Waals surface area contributed by atoms with Crippen molar-refractivity contribution < 1.29 is 28.5 Å². The number of amides is 1. The number of likely N-dealkylation sites (tertiary alicyclic amines) is 1. The SMILES string of the molecule is CCO[C@@H]1C2=NC(CS2)c2ccc3c(c2)c(c(-c2cc(C4CCN(C5COC5)CC4)cnc2[C@H](C)OC)n3CC)CC(C)(C)COC(=O)[C@@H]2CCCN(N2)C(=O)[C@H]1NC. The molecule has 7 heterocycles. The van der Waals surface area contributed by atoms with Gasteiger partial charge in [-0.2, -0.15) is 0 Å². The Balaban J connectivity index is 1.26. The third kappa shape index (κ3) is 8.47. The minimum absolute atomic E-state index is 0.104. The zero-order valence-corrected chi connectivity index (χ0v) is 36.7. The molecule has 0 radical (unpaired) electrons. The maximum atomic E-state index is 14.1. The molecule has 5 atom stereocenters. The number of fused-ring (bicyclic) bond motifs is 5. The summed E-state index contributed by atoms with van der Waals surface area (Å²) >= 11 is 1.66. The number of ether oxygens (including phenoxy) is 4. The van der Waals surface area contributed by atoms with Gasteiger partial charge in [-0.3, -0.25) is 29.5 Å². The van der Waals surface area contributed by atoms with Gasteiger partial charge < -0.3 is 28.8 Å². The fourth-order valence-corrected chi connectivity index (χ4v) is 10.8. The number of aryl methyl sites for hydroxylation is 1. The highest BCUT2D eigenvalue weighted by molar-refractivity contribution is 8.14. The molecule has 6 bridgehead atoms. The third-order valence-corrected chi connectivity index (χ3v) is 14.2. The summed E-state index contributed by atoms with van der Waals surface area (Å²) in [6.45, 7) is 16.3. The molecule has 3 saturated heterocycles. The molecular formula is C45H63N7O6S. The molecule has 2 aromatic heterocycles. The molecule has 5 aliphatic rings. The number of hydrazine groups is 1. The number of aromatic nitrogens is 2. The number of piperidine rings is 1. The number of hydrogen-bond acceptors (Lipinski definition) is 12. The first-order valence-corrected chi connectivity index (χ1v) is 22.8. The van der Waals surface area contributed by atoms with Crippen molar-refractivity contribution in [1.29, 1.82) is 0 Å². The number of cyclic esters (lactones) is 1. The lowest BCUT2D eigenvalue weighted by Crippen LogP contribution is -2.62. The van der Waals surface area contributed by atoms with E-state index in [0.29, 0.717) is 44.4 Å². The average molecular weight is 830 g/mol. The zero-order chi connectivity index (χ0) is 41.4. The lowest BCUT2D eigenvalue weighted by atomic mass is 9.83. The van der Waals surface area contributed by atoms with Gasteiger partial charge in [-0.25, -0.2) is 5.43 Å². The summed E-state index contributed by atoms with van der Waals surface area (Å²) in [5, 5.41) is 6.77. The molecule has 1 unspecified atom stereocenters. The topological polar surface area (TPSA) is 132 Å². The van der Waals surface area contributed by atoms with Crippen LogP contribution in [0.2, 0.25) is 0 Å². The lowest BCUT2D eigenvalue weighted by molar-refractivity contribution is -0.155. The molecule has 320 valence electrons. The van der Waals surface area contributed by atoms with E-state index in [9.17, 15) is 9.59 Å². The molecule has 5 aliphatic heterocycles. The highest BCUT2D eigenvalue weighted by Gasteiger charge is 2.41. The largest absolute Gasteiger partial charge is 0.464 e. The number of esters is 1. The monoisotopic (exact) mass is 829 g/mol. The normalized spacial score (nSPS) is 26.7. The molecule has 8 rings (SSSR count). The number of aliphatic imine (C=N–C) groups is 1. The molecule has 14 heteroatoms. The lowest BCUT2D eigenvalue weighted by Gasteiger charge is -2.41. The van der Waals surface area contributed by atoms with Gasteiger partial charge in [0.2, 0.25) is 0 Å². The van der Waals surface area contributed by atoms with E-state index >= 15 is 0 Å². The summed E-state index contributed by atoms with van der Waals surface area (Å²) in [5.74, 6) is 0.640. The Kier molecular flexibility index (Phi) is 12.9. The van der Waals surface area contributed by atoms with Gasteiger partial charge in [0.05, 0.1) is 54.4 Å². The molecule has 59 heavy (non-hydrogen) atoms. The Morgan fingerprint density at radius 1 is 1.08 bits per heavy atom. The van der Waals surface area contributed by atoms with E-state index in [4.69, 9.17) is 28.9 Å². The van der Waals surface area contributed by atoms with Crippen molar-refractivity contribution in [2.45, 2.75) is 116 Å². The predicted molar refractivity (Wildman–Crippen MR) is 232 cm³/mol. The summed E-state index contributed by atoms with van der Waals surface area (Å²) in [6, 6.07) is 8.33. The van der Waals surface area contributed by atoms with Gasteiger partial charge in [0.25, 0.3) is 5.91 Å². The number of likely N-dealkylation sites (N-methyl/N-ethyl adjacent to an activating group) is 1. The fraction of sp³-hybridized carbons (Fsp3) is 0.644. The maximum Gasteiger partial charge on any atom is 0.324 e. The zero-order valence-electron chi connectivity index (χ0n) is 35.9. The Bertz CT molecular complexity index is 2040. The quantitative estimate of drug-likeness (QED) is 0.254. The van der Waals surface area contributed by atoms with Gasteiger partial charge in [-0.05, 0) is 114 Å². The number of pyridine rings is 1. The minimum Gasteiger partial charge on any atom is -0.464 e. The van der Waals surface area contributed by atoms with E-state index in [-0.39, 0.29) is 30.6 Å². The van der Waals surface area contributed by atoms with Crippen LogP contribution in [0.4, 0.5) is 0 Å². The number of thioether (sulfide) groups is 1. The molecule has 0 spiro atoms. The van der Waals surface area contributed by atoms with Crippen LogP contribution in [-0.2, 0) is 41.5 Å². The Morgan fingerprint density at radius 2 is 1.88 bits per heavy atom. The van der Waals surface area contributed by atoms with E-state index in [0.717, 1.165) is 84.5 Å². The summed E-state index contributed by atoms with van der Waals surface area (Å²) in [4.78, 5) is 41.0. The Labute approximate surface area is 353 Å². The predicted octanol–water partition coefficient (Wildman–Crippen LogP) is 5.81. The van der Waals surface area contributed by atoms with Crippen LogP contribution in [0.1, 0.15) is 101 Å². The first-order chi connectivity index (χ1) is 28.5. The fourth-order valence-electron chi connectivity index (χ4n) is 9.63. The second-order valence-electron chi connectivity index (χ2n) is 17.6. The Hall–Kier alpha value is -3.37. The van der Waals surface area contributed by atoms with Gasteiger partial charge in [0.15, 0.2) is 0 Å². The van der Waals surface area contributed by atoms with Crippen LogP contribution in [-0.4, -0.2) is 127 Å². The number of benzene rings is 1. The van der Waals surface area contributed by atoms with Crippen molar-refractivity contribution in [3.8, 4) is 11.3 Å². The van der Waals surface area contributed by atoms with E-state index < -0.39 is 23.6 Å². The van der Waals surface area contributed by atoms with Gasteiger partial charge in [0, 0.05) is 60.6 Å². The highest BCUT2D eigenvalue weighted by Crippen LogP contribution is 2.44. The van der Waals surface area contributed by atoms with E-state index in [1.807, 2.05) is 6.92 Å². The van der Waals surface area contributed by atoms with Gasteiger partial charge in [-0.1, -0.05) is 19.9 Å². The summed E-state index contributed by atoms with van der Waals surface area (Å²) in [5.41, 5.74) is 10.7. The standard InChI is InChI=1S/C45H63N7O6S/c1-8-51-37-13-12-29-19-32(37)34(40(51)33-20-30(22-47-38(33)27(3)55-7)28-14-17-50(18-15-28)31-23-56-24-31)21-45(4,5)26-58-44(54)35-11-10-16-52(49-35)43(53)39(46-6)41(57-9-2)42-48-36(29)25-59-42/h12-13,19-20,22,27-28,31,35-36,39,41,46,49H,8-11,14-18,21,23-26H2,1-7H3/t27-,35-,36?,39-,41-/m0/s1. The van der Waals surface area contributed by atoms with Crippen molar-refractivity contribution in [2.75, 3.05) is 66.0 Å². The van der Waals surface area contributed by atoms with Crippen LogP contribution < -0.4 is 10.7 Å². The summed E-state index contributed by atoms with van der Waals surface area (Å²) in [6.07, 6.45) is 5.38. The first-order valence-electron chi connectivity index (χ1n) is 21.8.